The first-order valence-corrected chi connectivity index (χ1v) is 9.37. The van der Waals surface area contributed by atoms with E-state index in [9.17, 15) is 4.39 Å². The Morgan fingerprint density at radius 2 is 2.28 bits per heavy atom. The van der Waals surface area contributed by atoms with Crippen LogP contribution in [0.25, 0.3) is 0 Å². The van der Waals surface area contributed by atoms with Crippen molar-refractivity contribution in [3.8, 4) is 0 Å². The van der Waals surface area contributed by atoms with E-state index in [-0.39, 0.29) is 5.82 Å². The summed E-state index contributed by atoms with van der Waals surface area (Å²) in [5.74, 6) is -0.346. The van der Waals surface area contributed by atoms with E-state index in [4.69, 9.17) is 12.2 Å². The van der Waals surface area contributed by atoms with Gasteiger partial charge in [-0.25, -0.2) is 9.37 Å². The number of hydrogen-bond acceptors (Lipinski definition) is 5. The van der Waals surface area contributed by atoms with Gasteiger partial charge in [-0.05, 0) is 31.6 Å². The van der Waals surface area contributed by atoms with Gasteiger partial charge in [0.25, 0.3) is 0 Å². The summed E-state index contributed by atoms with van der Waals surface area (Å²) in [6.07, 6.45) is 5.83. The predicted octanol–water partition coefficient (Wildman–Crippen LogP) is 1.78. The average molecular weight is 362 g/mol. The Hall–Kier alpha value is -1.80. The number of rotatable bonds is 1. The Bertz CT molecular complexity index is 694. The molecular formula is C17H23FN6S. The van der Waals surface area contributed by atoms with Crippen LogP contribution in [0.3, 0.4) is 0 Å². The summed E-state index contributed by atoms with van der Waals surface area (Å²) in [5.41, 5.74) is 5.23. The molecule has 2 fully saturated rings. The Kier molecular flexibility index (Phi) is 4.80. The fourth-order valence-corrected chi connectivity index (χ4v) is 4.08. The molecule has 8 heteroatoms. The minimum atomic E-state index is -0.346. The second kappa shape index (κ2) is 7.21. The normalized spacial score (nSPS) is 25.1. The number of nitrogens with one attached hydrogen (secondary N) is 2. The summed E-state index contributed by atoms with van der Waals surface area (Å²) in [6.45, 7) is 4.91. The minimum absolute atomic E-state index is 0.346. The smallest absolute Gasteiger partial charge is 0.189 e. The third-order valence-corrected chi connectivity index (χ3v) is 5.57. The van der Waals surface area contributed by atoms with Crippen molar-refractivity contribution < 1.29 is 4.39 Å². The van der Waals surface area contributed by atoms with Crippen molar-refractivity contribution in [2.45, 2.75) is 31.7 Å². The highest BCUT2D eigenvalue weighted by Crippen LogP contribution is 2.22. The SMILES string of the molecule is Fc1cnc2c(c1)NCC/C2=N/NC(=S)N1CCN2CCCCC2C1. The molecule has 0 spiro atoms. The maximum absolute atomic E-state index is 13.3. The van der Waals surface area contributed by atoms with Gasteiger partial charge in [-0.1, -0.05) is 6.42 Å². The lowest BCUT2D eigenvalue weighted by atomic mass is 10.00. The highest BCUT2D eigenvalue weighted by molar-refractivity contribution is 7.80. The molecule has 1 aromatic heterocycles. The molecule has 0 radical (unpaired) electrons. The standard InChI is InChI=1S/C17H23FN6S/c18-12-9-15-16(20-10-12)14(4-5-19-15)21-22-17(25)24-8-7-23-6-2-1-3-13(23)11-24/h9-10,13,19H,1-8,11H2,(H,22,25)/b21-14-. The van der Waals surface area contributed by atoms with E-state index in [2.05, 4.69) is 30.6 Å². The molecule has 3 aliphatic rings. The van der Waals surface area contributed by atoms with Crippen molar-refractivity contribution in [3.63, 3.8) is 0 Å². The van der Waals surface area contributed by atoms with Gasteiger partial charge in [0.1, 0.15) is 11.5 Å². The number of piperazine rings is 1. The average Bonchev–Trinajstić information content (AvgIpc) is 2.65. The second-order valence-corrected chi connectivity index (χ2v) is 7.22. The number of anilines is 1. The van der Waals surface area contributed by atoms with Crippen LogP contribution >= 0.6 is 12.2 Å². The fourth-order valence-electron chi connectivity index (χ4n) is 3.87. The van der Waals surface area contributed by atoms with Crippen molar-refractivity contribution in [2.24, 2.45) is 5.10 Å². The van der Waals surface area contributed by atoms with Gasteiger partial charge in [-0.15, -0.1) is 0 Å². The first-order valence-electron chi connectivity index (χ1n) is 8.96. The maximum Gasteiger partial charge on any atom is 0.189 e. The lowest BCUT2D eigenvalue weighted by Crippen LogP contribution is -2.57. The summed E-state index contributed by atoms with van der Waals surface area (Å²) in [4.78, 5) is 8.97. The number of hydrogen-bond donors (Lipinski definition) is 2. The molecule has 6 nitrogen and oxygen atoms in total. The van der Waals surface area contributed by atoms with E-state index in [1.807, 2.05) is 0 Å². The maximum atomic E-state index is 13.3. The number of hydrazone groups is 1. The van der Waals surface area contributed by atoms with Crippen LogP contribution in [0.5, 0.6) is 0 Å². The Balaban J connectivity index is 1.41. The zero-order valence-electron chi connectivity index (χ0n) is 14.2. The Morgan fingerprint density at radius 3 is 3.20 bits per heavy atom. The van der Waals surface area contributed by atoms with E-state index in [1.165, 1.54) is 38.1 Å². The molecule has 1 atom stereocenters. The van der Waals surface area contributed by atoms with Gasteiger partial charge in [-0.3, -0.25) is 10.3 Å². The third-order valence-electron chi connectivity index (χ3n) is 5.22. The molecule has 0 bridgehead atoms. The summed E-state index contributed by atoms with van der Waals surface area (Å²) >= 11 is 5.55. The molecule has 3 aliphatic heterocycles. The van der Waals surface area contributed by atoms with Gasteiger partial charge in [0, 0.05) is 44.7 Å². The summed E-state index contributed by atoms with van der Waals surface area (Å²) in [5, 5.41) is 8.30. The van der Waals surface area contributed by atoms with Crippen LogP contribution in [0.4, 0.5) is 10.1 Å². The van der Waals surface area contributed by atoms with Crippen molar-refractivity contribution >= 4 is 28.7 Å². The minimum Gasteiger partial charge on any atom is -0.383 e. The molecule has 2 saturated heterocycles. The molecule has 4 heterocycles. The third kappa shape index (κ3) is 3.59. The number of aromatic nitrogens is 1. The molecule has 0 saturated carbocycles. The molecule has 2 N–H and O–H groups in total. The zero-order valence-corrected chi connectivity index (χ0v) is 15.0. The van der Waals surface area contributed by atoms with Gasteiger partial charge >= 0.3 is 0 Å². The van der Waals surface area contributed by atoms with Crippen LogP contribution in [-0.4, -0.2) is 64.4 Å². The van der Waals surface area contributed by atoms with E-state index in [0.29, 0.717) is 29.1 Å². The van der Waals surface area contributed by atoms with Crippen LogP contribution in [0, 0.1) is 5.82 Å². The molecule has 0 aromatic carbocycles. The summed E-state index contributed by atoms with van der Waals surface area (Å²) in [7, 11) is 0. The summed E-state index contributed by atoms with van der Waals surface area (Å²) < 4.78 is 13.3. The number of halogens is 1. The Labute approximate surface area is 152 Å². The van der Waals surface area contributed by atoms with Gasteiger partial charge in [-0.2, -0.15) is 5.10 Å². The first-order chi connectivity index (χ1) is 12.2. The lowest BCUT2D eigenvalue weighted by molar-refractivity contribution is 0.0799. The molecule has 0 aliphatic carbocycles. The van der Waals surface area contributed by atoms with Crippen LogP contribution in [0.2, 0.25) is 0 Å². The molecule has 0 amide bonds. The number of thiocarbonyl (C=S) groups is 1. The van der Waals surface area contributed by atoms with E-state index < -0.39 is 0 Å². The molecule has 1 unspecified atom stereocenters. The highest BCUT2D eigenvalue weighted by Gasteiger charge is 2.29. The molecular weight excluding hydrogens is 339 g/mol. The number of piperidine rings is 1. The van der Waals surface area contributed by atoms with E-state index in [0.717, 1.165) is 31.8 Å². The van der Waals surface area contributed by atoms with E-state index in [1.54, 1.807) is 0 Å². The van der Waals surface area contributed by atoms with Crippen molar-refractivity contribution in [1.82, 2.24) is 20.2 Å². The predicted molar refractivity (Wildman–Crippen MR) is 100 cm³/mol. The quantitative estimate of drug-likeness (QED) is 0.587. The monoisotopic (exact) mass is 362 g/mol. The zero-order chi connectivity index (χ0) is 17.2. The summed E-state index contributed by atoms with van der Waals surface area (Å²) in [6, 6.07) is 2.07. The van der Waals surface area contributed by atoms with Gasteiger partial charge in [0.15, 0.2) is 5.11 Å². The fraction of sp³-hybridized carbons (Fsp3) is 0.588. The first kappa shape index (κ1) is 16.7. The topological polar surface area (TPSA) is 55.8 Å². The van der Waals surface area contributed by atoms with Crippen LogP contribution in [0.15, 0.2) is 17.4 Å². The Morgan fingerprint density at radius 1 is 1.36 bits per heavy atom. The van der Waals surface area contributed by atoms with Gasteiger partial charge < -0.3 is 10.2 Å². The molecule has 4 rings (SSSR count). The van der Waals surface area contributed by atoms with Gasteiger partial charge in [0.05, 0.1) is 17.6 Å². The van der Waals surface area contributed by atoms with Crippen molar-refractivity contribution in [1.29, 1.82) is 0 Å². The number of pyridine rings is 1. The molecule has 25 heavy (non-hydrogen) atoms. The second-order valence-electron chi connectivity index (χ2n) is 6.83. The molecule has 134 valence electrons. The van der Waals surface area contributed by atoms with Crippen LogP contribution in [0.1, 0.15) is 31.4 Å². The molecule has 1 aromatic rings. The van der Waals surface area contributed by atoms with E-state index >= 15 is 0 Å². The van der Waals surface area contributed by atoms with Gasteiger partial charge in [0.2, 0.25) is 0 Å². The lowest BCUT2D eigenvalue weighted by Gasteiger charge is -2.44. The van der Waals surface area contributed by atoms with Crippen LogP contribution < -0.4 is 10.7 Å². The largest absolute Gasteiger partial charge is 0.383 e. The highest BCUT2D eigenvalue weighted by atomic mass is 32.1. The van der Waals surface area contributed by atoms with Crippen LogP contribution in [-0.2, 0) is 0 Å². The number of fused-ring (bicyclic) bond motifs is 2. The van der Waals surface area contributed by atoms with Crippen molar-refractivity contribution in [2.75, 3.05) is 38.0 Å². The number of nitrogens with zero attached hydrogens (tertiary/aromatic N) is 4. The van der Waals surface area contributed by atoms with Crippen molar-refractivity contribution in [3.05, 3.63) is 23.8 Å².